The Morgan fingerprint density at radius 2 is 2.06 bits per heavy atom. The van der Waals surface area contributed by atoms with E-state index >= 15 is 0 Å². The lowest BCUT2D eigenvalue weighted by Gasteiger charge is -2.18. The maximum atomic E-state index is 11.1. The van der Waals surface area contributed by atoms with Gasteiger partial charge in [0.1, 0.15) is 0 Å². The van der Waals surface area contributed by atoms with Crippen molar-refractivity contribution in [3.05, 3.63) is 35.5 Å². The predicted molar refractivity (Wildman–Crippen MR) is 68.2 cm³/mol. The number of hydrogen-bond acceptors (Lipinski definition) is 1. The fourth-order valence-corrected chi connectivity index (χ4v) is 2.02. The molecule has 2 aromatic rings. The summed E-state index contributed by atoms with van der Waals surface area (Å²) in [5.74, 6) is -0.761. The van der Waals surface area contributed by atoms with Crippen molar-refractivity contribution in [1.29, 1.82) is 0 Å². The second-order valence-corrected chi connectivity index (χ2v) is 5.24. The molecule has 0 atom stereocenters. The third-order valence-corrected chi connectivity index (χ3v) is 3.04. The van der Waals surface area contributed by atoms with E-state index in [1.165, 1.54) is 0 Å². The monoisotopic (exact) mass is 231 g/mol. The number of aliphatic carboxylic acids is 1. The Balaban J connectivity index is 2.34. The van der Waals surface area contributed by atoms with Crippen LogP contribution in [-0.2, 0) is 11.2 Å². The second-order valence-electron chi connectivity index (χ2n) is 5.24. The molecule has 1 heterocycles. The van der Waals surface area contributed by atoms with Crippen LogP contribution in [0, 0.1) is 12.3 Å². The van der Waals surface area contributed by atoms with E-state index < -0.39 is 11.4 Å². The van der Waals surface area contributed by atoms with E-state index in [1.807, 2.05) is 19.1 Å². The molecule has 0 aliphatic carbocycles. The number of fused-ring (bicyclic) bond motifs is 1. The number of hydrogen-bond donors (Lipinski definition) is 2. The Morgan fingerprint density at radius 3 is 2.71 bits per heavy atom. The fraction of sp³-hybridized carbons (Fsp3) is 0.357. The van der Waals surface area contributed by atoms with Crippen LogP contribution in [0.1, 0.15) is 25.1 Å². The molecule has 0 saturated heterocycles. The maximum absolute atomic E-state index is 11.1. The van der Waals surface area contributed by atoms with E-state index in [0.717, 1.165) is 22.2 Å². The number of carboxylic acids is 1. The summed E-state index contributed by atoms with van der Waals surface area (Å²) in [6.45, 7) is 5.52. The van der Waals surface area contributed by atoms with Crippen molar-refractivity contribution >= 4 is 16.9 Å². The van der Waals surface area contributed by atoms with Crippen LogP contribution >= 0.6 is 0 Å². The third-order valence-electron chi connectivity index (χ3n) is 3.04. The van der Waals surface area contributed by atoms with Crippen molar-refractivity contribution in [3.8, 4) is 0 Å². The van der Waals surface area contributed by atoms with E-state index in [1.54, 1.807) is 13.8 Å². The Kier molecular flexibility index (Phi) is 2.69. The van der Waals surface area contributed by atoms with Crippen LogP contribution in [0.2, 0.25) is 0 Å². The lowest BCUT2D eigenvalue weighted by atomic mass is 9.86. The molecule has 17 heavy (non-hydrogen) atoms. The molecule has 2 N–H and O–H groups in total. The zero-order valence-electron chi connectivity index (χ0n) is 10.4. The first kappa shape index (κ1) is 11.7. The number of rotatable bonds is 3. The lowest BCUT2D eigenvalue weighted by molar-refractivity contribution is -0.146. The molecule has 0 spiro atoms. The normalized spacial score (nSPS) is 11.9. The molecule has 3 heteroatoms. The molecule has 2 rings (SSSR count). The molecule has 3 nitrogen and oxygen atoms in total. The highest BCUT2D eigenvalue weighted by molar-refractivity contribution is 5.81. The molecule has 0 aliphatic rings. The molecule has 0 amide bonds. The van der Waals surface area contributed by atoms with Crippen LogP contribution in [0.4, 0.5) is 0 Å². The number of H-pyrrole nitrogens is 1. The van der Waals surface area contributed by atoms with Crippen LogP contribution < -0.4 is 0 Å². The van der Waals surface area contributed by atoms with Gasteiger partial charge < -0.3 is 10.1 Å². The number of aromatic nitrogens is 1. The van der Waals surface area contributed by atoms with E-state index in [2.05, 4.69) is 17.1 Å². The average Bonchev–Trinajstić information content (AvgIpc) is 2.56. The number of aryl methyl sites for hydroxylation is 1. The van der Waals surface area contributed by atoms with Gasteiger partial charge in [0.25, 0.3) is 0 Å². The Morgan fingerprint density at radius 1 is 1.35 bits per heavy atom. The molecule has 90 valence electrons. The molecule has 0 bridgehead atoms. The summed E-state index contributed by atoms with van der Waals surface area (Å²) in [5, 5.41) is 10.3. The third kappa shape index (κ3) is 2.33. The lowest BCUT2D eigenvalue weighted by Crippen LogP contribution is -2.26. The second kappa shape index (κ2) is 3.91. The summed E-state index contributed by atoms with van der Waals surface area (Å²) in [7, 11) is 0. The first-order valence-corrected chi connectivity index (χ1v) is 5.70. The Labute approximate surface area is 100 Å². The van der Waals surface area contributed by atoms with Crippen molar-refractivity contribution < 1.29 is 9.90 Å². The number of carbonyl (C=O) groups is 1. The summed E-state index contributed by atoms with van der Waals surface area (Å²) in [5.41, 5.74) is 2.55. The standard InChI is InChI=1S/C14H17NO2/c1-9-6-11-7-10(4-5-12(11)15-9)8-14(2,3)13(16)17/h4-7,15H,8H2,1-3H3,(H,16,17). The zero-order valence-corrected chi connectivity index (χ0v) is 10.4. The fourth-order valence-electron chi connectivity index (χ4n) is 2.02. The molecular weight excluding hydrogens is 214 g/mol. The number of carboxylic acid groups (broad SMARTS) is 1. The van der Waals surface area contributed by atoms with Crippen LogP contribution in [0.5, 0.6) is 0 Å². The van der Waals surface area contributed by atoms with Gasteiger partial charge in [0.05, 0.1) is 5.41 Å². The van der Waals surface area contributed by atoms with Gasteiger partial charge in [0.15, 0.2) is 0 Å². The number of benzene rings is 1. The quantitative estimate of drug-likeness (QED) is 0.852. The summed E-state index contributed by atoms with van der Waals surface area (Å²) in [4.78, 5) is 14.3. The summed E-state index contributed by atoms with van der Waals surface area (Å²) >= 11 is 0. The molecule has 1 aromatic carbocycles. The van der Waals surface area contributed by atoms with Crippen LogP contribution in [0.25, 0.3) is 10.9 Å². The molecular formula is C14H17NO2. The number of aromatic amines is 1. The van der Waals surface area contributed by atoms with E-state index in [-0.39, 0.29) is 0 Å². The highest BCUT2D eigenvalue weighted by Crippen LogP contribution is 2.24. The molecule has 0 radical (unpaired) electrons. The SMILES string of the molecule is Cc1cc2cc(CC(C)(C)C(=O)O)ccc2[nH]1. The minimum absolute atomic E-state index is 0.544. The first-order chi connectivity index (χ1) is 7.88. The Bertz CT molecular complexity index is 567. The highest BCUT2D eigenvalue weighted by Gasteiger charge is 2.27. The van der Waals surface area contributed by atoms with Gasteiger partial charge in [-0.25, -0.2) is 0 Å². The van der Waals surface area contributed by atoms with Crippen LogP contribution in [-0.4, -0.2) is 16.1 Å². The molecule has 0 aliphatic heterocycles. The van der Waals surface area contributed by atoms with Crippen LogP contribution in [0.15, 0.2) is 24.3 Å². The minimum Gasteiger partial charge on any atom is -0.481 e. The zero-order chi connectivity index (χ0) is 12.6. The predicted octanol–water partition coefficient (Wildman–Crippen LogP) is 3.13. The molecule has 1 aromatic heterocycles. The van der Waals surface area contributed by atoms with E-state index in [4.69, 9.17) is 5.11 Å². The van der Waals surface area contributed by atoms with Gasteiger partial charge in [-0.15, -0.1) is 0 Å². The van der Waals surface area contributed by atoms with Crippen molar-refractivity contribution in [1.82, 2.24) is 4.98 Å². The van der Waals surface area contributed by atoms with Crippen molar-refractivity contribution in [3.63, 3.8) is 0 Å². The van der Waals surface area contributed by atoms with E-state index in [9.17, 15) is 4.79 Å². The summed E-state index contributed by atoms with van der Waals surface area (Å²) < 4.78 is 0. The van der Waals surface area contributed by atoms with Gasteiger partial charge >= 0.3 is 5.97 Å². The molecule has 0 saturated carbocycles. The highest BCUT2D eigenvalue weighted by atomic mass is 16.4. The van der Waals surface area contributed by atoms with Gasteiger partial charge in [0.2, 0.25) is 0 Å². The molecule has 0 unspecified atom stereocenters. The largest absolute Gasteiger partial charge is 0.481 e. The molecule has 0 fully saturated rings. The van der Waals surface area contributed by atoms with Gasteiger partial charge in [-0.1, -0.05) is 6.07 Å². The van der Waals surface area contributed by atoms with Gasteiger partial charge in [-0.3, -0.25) is 4.79 Å². The van der Waals surface area contributed by atoms with Crippen LogP contribution in [0.3, 0.4) is 0 Å². The topological polar surface area (TPSA) is 53.1 Å². The number of nitrogens with one attached hydrogen (secondary N) is 1. The maximum Gasteiger partial charge on any atom is 0.309 e. The van der Waals surface area contributed by atoms with Crippen molar-refractivity contribution in [2.24, 2.45) is 5.41 Å². The first-order valence-electron chi connectivity index (χ1n) is 5.70. The minimum atomic E-state index is -0.761. The van der Waals surface area contributed by atoms with Gasteiger partial charge in [-0.05, 0) is 56.3 Å². The van der Waals surface area contributed by atoms with Crippen molar-refractivity contribution in [2.75, 3.05) is 0 Å². The summed E-state index contributed by atoms with van der Waals surface area (Å²) in [6.07, 6.45) is 0.544. The van der Waals surface area contributed by atoms with Gasteiger partial charge in [0, 0.05) is 11.2 Å². The smallest absolute Gasteiger partial charge is 0.309 e. The van der Waals surface area contributed by atoms with Crippen molar-refractivity contribution in [2.45, 2.75) is 27.2 Å². The average molecular weight is 231 g/mol. The van der Waals surface area contributed by atoms with E-state index in [0.29, 0.717) is 6.42 Å². The summed E-state index contributed by atoms with van der Waals surface area (Å²) in [6, 6.07) is 8.13. The van der Waals surface area contributed by atoms with Gasteiger partial charge in [-0.2, -0.15) is 0 Å². The Hall–Kier alpha value is -1.77.